The molecule has 0 bridgehead atoms. The number of sulfonamides is 1. The van der Waals surface area contributed by atoms with Gasteiger partial charge in [-0.2, -0.15) is 9.57 Å². The van der Waals surface area contributed by atoms with Crippen LogP contribution in [0.3, 0.4) is 0 Å². The first-order chi connectivity index (χ1) is 14.7. The monoisotopic (exact) mass is 445 g/mol. The van der Waals surface area contributed by atoms with E-state index in [0.29, 0.717) is 5.56 Å². The summed E-state index contributed by atoms with van der Waals surface area (Å²) in [6, 6.07) is 8.25. The minimum Gasteiger partial charge on any atom is -0.493 e. The van der Waals surface area contributed by atoms with Gasteiger partial charge in [0.05, 0.1) is 18.8 Å². The molecule has 0 aliphatic carbocycles. The van der Waals surface area contributed by atoms with Gasteiger partial charge in [-0.3, -0.25) is 0 Å². The number of hydrogen-bond donors (Lipinski definition) is 2. The lowest BCUT2D eigenvalue weighted by atomic mass is 9.92. The SMILES string of the molecule is CC#Cc1ccc(S(=O)(=O)N2C[C@H](COc3ccc(C#N)c(F)c3)[C@](O)(CO)C2)nc1. The van der Waals surface area contributed by atoms with E-state index in [1.807, 2.05) is 0 Å². The predicted octanol–water partition coefficient (Wildman–Crippen LogP) is 0.887. The van der Waals surface area contributed by atoms with E-state index in [9.17, 15) is 23.0 Å². The number of ether oxygens (including phenoxy) is 1. The first kappa shape index (κ1) is 22.7. The number of aliphatic hydroxyl groups is 2. The van der Waals surface area contributed by atoms with Crippen LogP contribution in [0.2, 0.25) is 0 Å². The highest BCUT2D eigenvalue weighted by molar-refractivity contribution is 7.89. The molecule has 31 heavy (non-hydrogen) atoms. The molecular formula is C21H20FN3O5S. The molecule has 1 aliphatic heterocycles. The van der Waals surface area contributed by atoms with Gasteiger partial charge in [-0.25, -0.2) is 17.8 Å². The maximum Gasteiger partial charge on any atom is 0.260 e. The van der Waals surface area contributed by atoms with Gasteiger partial charge in [-0.15, -0.1) is 5.92 Å². The summed E-state index contributed by atoms with van der Waals surface area (Å²) >= 11 is 0. The van der Waals surface area contributed by atoms with Gasteiger partial charge in [0.2, 0.25) is 0 Å². The third-order valence-corrected chi connectivity index (χ3v) is 6.76. The Balaban J connectivity index is 1.77. The van der Waals surface area contributed by atoms with Crippen molar-refractivity contribution < 1.29 is 27.8 Å². The lowest BCUT2D eigenvalue weighted by Crippen LogP contribution is -2.44. The molecule has 162 valence electrons. The molecule has 2 aromatic rings. The first-order valence-corrected chi connectivity index (χ1v) is 10.7. The van der Waals surface area contributed by atoms with E-state index in [4.69, 9.17) is 10.00 Å². The molecule has 1 saturated heterocycles. The summed E-state index contributed by atoms with van der Waals surface area (Å²) in [5.74, 6) is 4.05. The molecule has 8 nitrogen and oxygen atoms in total. The lowest BCUT2D eigenvalue weighted by molar-refractivity contribution is -0.0452. The smallest absolute Gasteiger partial charge is 0.260 e. The molecule has 0 saturated carbocycles. The summed E-state index contributed by atoms with van der Waals surface area (Å²) in [7, 11) is -4.03. The fraction of sp³-hybridized carbons (Fsp3) is 0.333. The molecule has 0 radical (unpaired) electrons. The number of β-amino-alcohol motifs (C(OH)–C–C–N with tert-alkyl or cyclic N) is 1. The number of benzene rings is 1. The molecule has 3 rings (SSSR count). The summed E-state index contributed by atoms with van der Waals surface area (Å²) in [6.07, 6.45) is 1.34. The van der Waals surface area contributed by atoms with Gasteiger partial charge in [-0.1, -0.05) is 5.92 Å². The minimum absolute atomic E-state index is 0.118. The molecule has 10 heteroatoms. The number of rotatable bonds is 6. The van der Waals surface area contributed by atoms with E-state index in [-0.39, 0.29) is 36.0 Å². The van der Waals surface area contributed by atoms with Crippen molar-refractivity contribution in [1.82, 2.24) is 9.29 Å². The molecule has 2 atom stereocenters. The van der Waals surface area contributed by atoms with Crippen molar-refractivity contribution in [3.05, 3.63) is 53.5 Å². The Labute approximate surface area is 179 Å². The van der Waals surface area contributed by atoms with E-state index < -0.39 is 34.0 Å². The van der Waals surface area contributed by atoms with E-state index >= 15 is 0 Å². The van der Waals surface area contributed by atoms with Crippen LogP contribution in [0.25, 0.3) is 0 Å². The standard InChI is InChI=1S/C21H20FN3O5S/c1-2-3-15-4-7-20(24-10-15)31(28,29)25-11-17(21(27,13-25)14-26)12-30-18-6-5-16(9-23)19(22)8-18/h4-8,10,17,26-27H,11-14H2,1H3/t17-,21-/m1/s1. The summed E-state index contributed by atoms with van der Waals surface area (Å²) in [4.78, 5) is 3.96. The highest BCUT2D eigenvalue weighted by Gasteiger charge is 2.49. The molecule has 0 amide bonds. The molecule has 1 fully saturated rings. The second-order valence-corrected chi connectivity index (χ2v) is 8.97. The third-order valence-electron chi connectivity index (χ3n) is 5.03. The quantitative estimate of drug-likeness (QED) is 0.633. The van der Waals surface area contributed by atoms with Crippen LogP contribution in [0.15, 0.2) is 41.6 Å². The van der Waals surface area contributed by atoms with E-state index in [1.165, 1.54) is 30.5 Å². The Bertz CT molecular complexity index is 1170. The number of nitriles is 1. The fourth-order valence-corrected chi connectivity index (χ4v) is 4.70. The topological polar surface area (TPSA) is 124 Å². The van der Waals surface area contributed by atoms with Crippen molar-refractivity contribution in [2.45, 2.75) is 17.6 Å². The van der Waals surface area contributed by atoms with Crippen LogP contribution in [0.1, 0.15) is 18.1 Å². The summed E-state index contributed by atoms with van der Waals surface area (Å²) in [5, 5.41) is 29.1. The Morgan fingerprint density at radius 1 is 1.39 bits per heavy atom. The maximum atomic E-state index is 13.8. The van der Waals surface area contributed by atoms with Crippen molar-refractivity contribution in [1.29, 1.82) is 5.26 Å². The Morgan fingerprint density at radius 2 is 2.16 bits per heavy atom. The van der Waals surface area contributed by atoms with E-state index in [0.717, 1.165) is 10.4 Å². The summed E-state index contributed by atoms with van der Waals surface area (Å²) in [5.41, 5.74) is -1.32. The van der Waals surface area contributed by atoms with Crippen LogP contribution >= 0.6 is 0 Å². The van der Waals surface area contributed by atoms with Gasteiger partial charge in [-0.05, 0) is 31.2 Å². The molecule has 2 heterocycles. The largest absolute Gasteiger partial charge is 0.493 e. The Morgan fingerprint density at radius 3 is 2.74 bits per heavy atom. The third kappa shape index (κ3) is 4.68. The number of hydrogen-bond acceptors (Lipinski definition) is 7. The number of halogens is 1. The Kier molecular flexibility index (Phi) is 6.58. The molecule has 0 spiro atoms. The van der Waals surface area contributed by atoms with Crippen molar-refractivity contribution in [3.63, 3.8) is 0 Å². The maximum absolute atomic E-state index is 13.8. The number of pyridine rings is 1. The van der Waals surface area contributed by atoms with Crippen LogP contribution in [0.5, 0.6) is 5.75 Å². The Hall–Kier alpha value is -3.02. The molecule has 1 aromatic heterocycles. The number of aromatic nitrogens is 1. The molecular weight excluding hydrogens is 425 g/mol. The average Bonchev–Trinajstić information content (AvgIpc) is 3.11. The van der Waals surface area contributed by atoms with Gasteiger partial charge in [0.1, 0.15) is 23.2 Å². The molecule has 2 N–H and O–H groups in total. The highest BCUT2D eigenvalue weighted by atomic mass is 32.2. The lowest BCUT2D eigenvalue weighted by Gasteiger charge is -2.26. The average molecular weight is 445 g/mol. The zero-order valence-electron chi connectivity index (χ0n) is 16.6. The van der Waals surface area contributed by atoms with Gasteiger partial charge < -0.3 is 14.9 Å². The predicted molar refractivity (Wildman–Crippen MR) is 108 cm³/mol. The van der Waals surface area contributed by atoms with Crippen LogP contribution in [0, 0.1) is 34.9 Å². The van der Waals surface area contributed by atoms with Crippen molar-refractivity contribution in [2.24, 2.45) is 5.92 Å². The fourth-order valence-electron chi connectivity index (χ4n) is 3.24. The van der Waals surface area contributed by atoms with Gasteiger partial charge in [0, 0.05) is 36.8 Å². The van der Waals surface area contributed by atoms with Crippen molar-refractivity contribution in [3.8, 4) is 23.7 Å². The number of nitrogens with zero attached hydrogens (tertiary/aromatic N) is 3. The highest BCUT2D eigenvalue weighted by Crippen LogP contribution is 2.32. The molecule has 1 aromatic carbocycles. The van der Waals surface area contributed by atoms with Gasteiger partial charge >= 0.3 is 0 Å². The second-order valence-electron chi connectivity index (χ2n) is 7.08. The first-order valence-electron chi connectivity index (χ1n) is 9.28. The zero-order chi connectivity index (χ0) is 22.6. The van der Waals surface area contributed by atoms with Crippen molar-refractivity contribution in [2.75, 3.05) is 26.3 Å². The number of aliphatic hydroxyl groups excluding tert-OH is 1. The minimum atomic E-state index is -4.03. The summed E-state index contributed by atoms with van der Waals surface area (Å²) in [6.45, 7) is 0.315. The molecule has 1 aliphatic rings. The van der Waals surface area contributed by atoms with Crippen molar-refractivity contribution >= 4 is 10.0 Å². The van der Waals surface area contributed by atoms with Crippen LogP contribution in [-0.4, -0.2) is 59.8 Å². The summed E-state index contributed by atoms with van der Waals surface area (Å²) < 4.78 is 46.2. The normalized spacial score (nSPS) is 21.2. The van der Waals surface area contributed by atoms with Crippen LogP contribution in [-0.2, 0) is 10.0 Å². The van der Waals surface area contributed by atoms with Crippen LogP contribution < -0.4 is 4.74 Å². The van der Waals surface area contributed by atoms with E-state index in [1.54, 1.807) is 13.0 Å². The zero-order valence-corrected chi connectivity index (χ0v) is 17.4. The van der Waals surface area contributed by atoms with E-state index in [2.05, 4.69) is 16.8 Å². The van der Waals surface area contributed by atoms with Gasteiger partial charge in [0.25, 0.3) is 10.0 Å². The second kappa shape index (κ2) is 9.00. The molecule has 0 unspecified atom stereocenters. The van der Waals surface area contributed by atoms with Crippen LogP contribution in [0.4, 0.5) is 4.39 Å². The van der Waals surface area contributed by atoms with Gasteiger partial charge in [0.15, 0.2) is 5.03 Å².